The summed E-state index contributed by atoms with van der Waals surface area (Å²) in [6.45, 7) is 6.11. The second-order valence-corrected chi connectivity index (χ2v) is 7.64. The first-order valence-corrected chi connectivity index (χ1v) is 9.82. The number of halogens is 1. The maximum atomic E-state index is 12.4. The van der Waals surface area contributed by atoms with Gasteiger partial charge in [0.05, 0.1) is 5.75 Å². The highest BCUT2D eigenvalue weighted by Gasteiger charge is 2.12. The number of hydrogen-bond acceptors (Lipinski definition) is 5. The average molecular weight is 402 g/mol. The van der Waals surface area contributed by atoms with Crippen LogP contribution in [-0.4, -0.2) is 26.7 Å². The van der Waals surface area contributed by atoms with Crippen LogP contribution in [0.4, 0.5) is 0 Å². The highest BCUT2D eigenvalue weighted by molar-refractivity contribution is 7.99. The second kappa shape index (κ2) is 8.59. The van der Waals surface area contributed by atoms with Crippen molar-refractivity contribution in [1.29, 1.82) is 0 Å². The average Bonchev–Trinajstić information content (AvgIpc) is 3.10. The van der Waals surface area contributed by atoms with Gasteiger partial charge in [-0.2, -0.15) is 0 Å². The summed E-state index contributed by atoms with van der Waals surface area (Å²) in [6.07, 6.45) is 0. The molecule has 1 heterocycles. The van der Waals surface area contributed by atoms with Crippen molar-refractivity contribution in [3.05, 3.63) is 69.5 Å². The number of carbonyl (C=O) groups excluding carboxylic acids is 1. The molecule has 7 heteroatoms. The highest BCUT2D eigenvalue weighted by atomic mass is 35.5. The number of ether oxygens (including phenoxy) is 1. The summed E-state index contributed by atoms with van der Waals surface area (Å²) in [6, 6.07) is 11.4. The fourth-order valence-corrected chi connectivity index (χ4v) is 3.33. The molecule has 0 aliphatic rings. The normalized spacial score (nSPS) is 10.8. The van der Waals surface area contributed by atoms with Crippen molar-refractivity contribution in [3.63, 3.8) is 0 Å². The third kappa shape index (κ3) is 5.11. The molecule has 3 rings (SSSR count). The van der Waals surface area contributed by atoms with Crippen molar-refractivity contribution in [2.75, 3.05) is 5.75 Å². The van der Waals surface area contributed by atoms with Gasteiger partial charge < -0.3 is 4.74 Å². The number of ketones is 1. The Bertz CT molecular complexity index is 972. The third-order valence-corrected chi connectivity index (χ3v) is 5.31. The predicted molar refractivity (Wildman–Crippen MR) is 108 cm³/mol. The monoisotopic (exact) mass is 401 g/mol. The first-order valence-electron chi connectivity index (χ1n) is 8.46. The molecule has 0 aliphatic heterocycles. The van der Waals surface area contributed by atoms with Gasteiger partial charge in [0, 0.05) is 10.6 Å². The number of nitrogens with one attached hydrogen (secondary N) is 1. The van der Waals surface area contributed by atoms with E-state index >= 15 is 0 Å². The molecule has 3 aromatic rings. The summed E-state index contributed by atoms with van der Waals surface area (Å²) in [5.74, 6) is 1.68. The first-order chi connectivity index (χ1) is 12.9. The third-order valence-electron chi connectivity index (χ3n) is 4.04. The lowest BCUT2D eigenvalue weighted by Crippen LogP contribution is -2.05. The molecule has 0 unspecified atom stereocenters. The molecule has 0 radical (unpaired) electrons. The molecule has 5 nitrogen and oxygen atoms in total. The van der Waals surface area contributed by atoms with E-state index in [0.717, 1.165) is 22.3 Å². The van der Waals surface area contributed by atoms with Crippen molar-refractivity contribution in [3.8, 4) is 5.75 Å². The van der Waals surface area contributed by atoms with Crippen LogP contribution in [0.25, 0.3) is 0 Å². The number of rotatable bonds is 7. The zero-order valence-electron chi connectivity index (χ0n) is 15.4. The molecule has 0 bridgehead atoms. The van der Waals surface area contributed by atoms with Gasteiger partial charge in [0.2, 0.25) is 5.16 Å². The van der Waals surface area contributed by atoms with Crippen LogP contribution in [0.1, 0.15) is 32.9 Å². The second-order valence-electron chi connectivity index (χ2n) is 6.29. The maximum absolute atomic E-state index is 12.4. The van der Waals surface area contributed by atoms with Gasteiger partial charge in [-0.05, 0) is 56.2 Å². The number of benzene rings is 2. The van der Waals surface area contributed by atoms with Crippen LogP contribution in [-0.2, 0) is 6.61 Å². The Labute approximate surface area is 167 Å². The number of aromatic amines is 1. The topological polar surface area (TPSA) is 67.9 Å². The van der Waals surface area contributed by atoms with Gasteiger partial charge in [0.15, 0.2) is 11.6 Å². The van der Waals surface area contributed by atoms with Crippen molar-refractivity contribution in [2.24, 2.45) is 0 Å². The SMILES string of the molecule is Cc1ccc(C)c(C(=O)CSc2n[nH]c(COc3ccc(Cl)c(C)c3)n2)c1. The van der Waals surface area contributed by atoms with Crippen LogP contribution < -0.4 is 4.74 Å². The van der Waals surface area contributed by atoms with E-state index in [1.807, 2.05) is 51.1 Å². The first kappa shape index (κ1) is 19.5. The lowest BCUT2D eigenvalue weighted by molar-refractivity contribution is 0.102. The molecule has 0 saturated heterocycles. The van der Waals surface area contributed by atoms with Gasteiger partial charge in [-0.15, -0.1) is 5.10 Å². The van der Waals surface area contributed by atoms with Gasteiger partial charge in [0.25, 0.3) is 0 Å². The van der Waals surface area contributed by atoms with Crippen molar-refractivity contribution < 1.29 is 9.53 Å². The molecule has 2 aromatic carbocycles. The minimum Gasteiger partial charge on any atom is -0.486 e. The molecule has 0 spiro atoms. The zero-order valence-corrected chi connectivity index (χ0v) is 16.9. The molecule has 0 fully saturated rings. The van der Waals surface area contributed by atoms with E-state index in [4.69, 9.17) is 16.3 Å². The number of hydrogen-bond donors (Lipinski definition) is 1. The lowest BCUT2D eigenvalue weighted by atomic mass is 10.0. The van der Waals surface area contributed by atoms with E-state index in [0.29, 0.717) is 27.5 Å². The number of thioether (sulfide) groups is 1. The number of H-pyrrole nitrogens is 1. The van der Waals surface area contributed by atoms with Crippen LogP contribution in [0, 0.1) is 20.8 Å². The molecule has 27 heavy (non-hydrogen) atoms. The lowest BCUT2D eigenvalue weighted by Gasteiger charge is -2.05. The molecular formula is C20H20ClN3O2S. The summed E-state index contributed by atoms with van der Waals surface area (Å²) in [5.41, 5.74) is 3.75. The molecule has 0 aliphatic carbocycles. The molecule has 0 atom stereocenters. The van der Waals surface area contributed by atoms with Crippen molar-refractivity contribution in [1.82, 2.24) is 15.2 Å². The highest BCUT2D eigenvalue weighted by Crippen LogP contribution is 2.22. The smallest absolute Gasteiger partial charge is 0.208 e. The van der Waals surface area contributed by atoms with Crippen molar-refractivity contribution >= 4 is 29.1 Å². The zero-order chi connectivity index (χ0) is 19.4. The van der Waals surface area contributed by atoms with Gasteiger partial charge in [0.1, 0.15) is 12.4 Å². The molecule has 140 valence electrons. The van der Waals surface area contributed by atoms with E-state index in [1.165, 1.54) is 11.8 Å². The molecule has 1 aromatic heterocycles. The van der Waals surface area contributed by atoms with Crippen LogP contribution in [0.5, 0.6) is 5.75 Å². The predicted octanol–water partition coefficient (Wildman–Crippen LogP) is 4.94. The van der Waals surface area contributed by atoms with Gasteiger partial charge >= 0.3 is 0 Å². The van der Waals surface area contributed by atoms with Crippen LogP contribution in [0.2, 0.25) is 5.02 Å². The number of aromatic nitrogens is 3. The number of aryl methyl sites for hydroxylation is 3. The number of Topliss-reactive ketones (excluding diaryl/α,β-unsaturated/α-hetero) is 1. The molecular weight excluding hydrogens is 382 g/mol. The van der Waals surface area contributed by atoms with E-state index < -0.39 is 0 Å². The van der Waals surface area contributed by atoms with Gasteiger partial charge in [-0.25, -0.2) is 4.98 Å². The van der Waals surface area contributed by atoms with Crippen LogP contribution in [0.15, 0.2) is 41.6 Å². The van der Waals surface area contributed by atoms with E-state index in [9.17, 15) is 4.79 Å². The minimum absolute atomic E-state index is 0.0699. The van der Waals surface area contributed by atoms with Gasteiger partial charge in [-0.1, -0.05) is 41.1 Å². The van der Waals surface area contributed by atoms with E-state index in [-0.39, 0.29) is 12.4 Å². The summed E-state index contributed by atoms with van der Waals surface area (Å²) in [4.78, 5) is 16.8. The van der Waals surface area contributed by atoms with Crippen molar-refractivity contribution in [2.45, 2.75) is 32.5 Å². The summed E-state index contributed by atoms with van der Waals surface area (Å²) in [5, 5.41) is 8.21. The maximum Gasteiger partial charge on any atom is 0.208 e. The van der Waals surface area contributed by atoms with Gasteiger partial charge in [-0.3, -0.25) is 9.89 Å². The largest absolute Gasteiger partial charge is 0.486 e. The summed E-state index contributed by atoms with van der Waals surface area (Å²) in [7, 11) is 0. The summed E-state index contributed by atoms with van der Waals surface area (Å²) < 4.78 is 5.70. The summed E-state index contributed by atoms with van der Waals surface area (Å²) >= 11 is 7.32. The Balaban J connectivity index is 1.55. The van der Waals surface area contributed by atoms with E-state index in [1.54, 1.807) is 6.07 Å². The number of carbonyl (C=O) groups is 1. The minimum atomic E-state index is 0.0699. The fourth-order valence-electron chi connectivity index (χ4n) is 2.51. The standard InChI is InChI=1S/C20H20ClN3O2S/c1-12-4-5-13(2)16(8-12)18(25)11-27-20-22-19(23-24-20)10-26-15-6-7-17(21)14(3)9-15/h4-9H,10-11H2,1-3H3,(H,22,23,24). The number of nitrogens with zero attached hydrogens (tertiary/aromatic N) is 2. The Kier molecular flexibility index (Phi) is 6.19. The molecule has 0 amide bonds. The molecule has 1 N–H and O–H groups in total. The van der Waals surface area contributed by atoms with Crippen LogP contribution in [0.3, 0.4) is 0 Å². The Morgan fingerprint density at radius 3 is 2.74 bits per heavy atom. The van der Waals surface area contributed by atoms with E-state index in [2.05, 4.69) is 15.2 Å². The Morgan fingerprint density at radius 1 is 1.15 bits per heavy atom. The van der Waals surface area contributed by atoms with Crippen LogP contribution >= 0.6 is 23.4 Å². The Hall–Kier alpha value is -2.31. The fraction of sp³-hybridized carbons (Fsp3) is 0.250. The quantitative estimate of drug-likeness (QED) is 0.448. The molecule has 0 saturated carbocycles. The Morgan fingerprint density at radius 2 is 1.96 bits per heavy atom.